The van der Waals surface area contributed by atoms with E-state index in [1.165, 1.54) is 32.5 Å². The fraction of sp³-hybridized carbons (Fsp3) is 0.278. The first kappa shape index (κ1) is 19.5. The molecule has 1 atom stereocenters. The Bertz CT molecular complexity index is 797. The SMILES string of the molecule is CCC(OC(=O)c1ccnc(Cl)c1)C(=O)Nc1ccc(OC)cc1OC. The van der Waals surface area contributed by atoms with Gasteiger partial charge in [0.2, 0.25) is 0 Å². The van der Waals surface area contributed by atoms with E-state index >= 15 is 0 Å². The van der Waals surface area contributed by atoms with Gasteiger partial charge in [-0.1, -0.05) is 18.5 Å². The number of halogens is 1. The summed E-state index contributed by atoms with van der Waals surface area (Å²) in [5.74, 6) is -0.102. The lowest BCUT2D eigenvalue weighted by Crippen LogP contribution is -2.32. The second-order valence-corrected chi connectivity index (χ2v) is 5.61. The topological polar surface area (TPSA) is 86.8 Å². The molecule has 0 saturated carbocycles. The fourth-order valence-corrected chi connectivity index (χ4v) is 2.34. The highest BCUT2D eigenvalue weighted by atomic mass is 35.5. The molecule has 1 unspecified atom stereocenters. The molecule has 2 rings (SSSR count). The summed E-state index contributed by atoms with van der Waals surface area (Å²) < 4.78 is 15.7. The van der Waals surface area contributed by atoms with Gasteiger partial charge in [0.15, 0.2) is 6.10 Å². The van der Waals surface area contributed by atoms with Crippen molar-refractivity contribution in [3.8, 4) is 11.5 Å². The lowest BCUT2D eigenvalue weighted by atomic mass is 10.2. The van der Waals surface area contributed by atoms with Crippen LogP contribution < -0.4 is 14.8 Å². The molecule has 1 aromatic heterocycles. The number of amides is 1. The molecule has 0 fully saturated rings. The van der Waals surface area contributed by atoms with Crippen molar-refractivity contribution < 1.29 is 23.8 Å². The van der Waals surface area contributed by atoms with E-state index in [4.69, 9.17) is 25.8 Å². The molecule has 8 heteroatoms. The van der Waals surface area contributed by atoms with Crippen LogP contribution in [0.5, 0.6) is 11.5 Å². The van der Waals surface area contributed by atoms with Crippen molar-refractivity contribution in [2.24, 2.45) is 0 Å². The van der Waals surface area contributed by atoms with Crippen LogP contribution in [-0.2, 0) is 9.53 Å². The number of nitrogens with zero attached hydrogens (tertiary/aromatic N) is 1. The molecule has 1 amide bonds. The minimum absolute atomic E-state index is 0.167. The molecule has 0 radical (unpaired) electrons. The van der Waals surface area contributed by atoms with Gasteiger partial charge in [-0.05, 0) is 30.7 Å². The zero-order valence-electron chi connectivity index (χ0n) is 14.6. The molecule has 0 spiro atoms. The minimum atomic E-state index is -0.971. The third kappa shape index (κ3) is 4.86. The van der Waals surface area contributed by atoms with Crippen LogP contribution in [0.3, 0.4) is 0 Å². The number of nitrogens with one attached hydrogen (secondary N) is 1. The van der Waals surface area contributed by atoms with Crippen LogP contribution in [-0.4, -0.2) is 37.2 Å². The Hall–Kier alpha value is -2.80. The normalized spacial score (nSPS) is 11.4. The van der Waals surface area contributed by atoms with E-state index < -0.39 is 18.0 Å². The Labute approximate surface area is 156 Å². The van der Waals surface area contributed by atoms with Crippen LogP contribution in [0.1, 0.15) is 23.7 Å². The third-order valence-electron chi connectivity index (χ3n) is 3.54. The molecule has 26 heavy (non-hydrogen) atoms. The summed E-state index contributed by atoms with van der Waals surface area (Å²) >= 11 is 5.77. The minimum Gasteiger partial charge on any atom is -0.497 e. The van der Waals surface area contributed by atoms with Gasteiger partial charge in [0, 0.05) is 12.3 Å². The van der Waals surface area contributed by atoms with E-state index in [0.717, 1.165) is 0 Å². The number of carbonyl (C=O) groups is 2. The molecule has 7 nitrogen and oxygen atoms in total. The Kier molecular flexibility index (Phi) is 6.80. The number of hydrogen-bond donors (Lipinski definition) is 1. The number of hydrogen-bond acceptors (Lipinski definition) is 6. The summed E-state index contributed by atoms with van der Waals surface area (Å²) in [6, 6.07) is 7.81. The highest BCUT2D eigenvalue weighted by Gasteiger charge is 2.23. The number of benzene rings is 1. The van der Waals surface area contributed by atoms with Gasteiger partial charge in [-0.25, -0.2) is 9.78 Å². The summed E-state index contributed by atoms with van der Waals surface area (Å²) in [6.07, 6.45) is 0.720. The molecular weight excluding hydrogens is 360 g/mol. The number of ether oxygens (including phenoxy) is 3. The number of anilines is 1. The predicted octanol–water partition coefficient (Wildman–Crippen LogP) is 3.33. The van der Waals surface area contributed by atoms with Crippen LogP contribution in [0.2, 0.25) is 5.15 Å². The molecule has 1 aromatic carbocycles. The number of methoxy groups -OCH3 is 2. The number of aromatic nitrogens is 1. The maximum atomic E-state index is 12.5. The summed E-state index contributed by atoms with van der Waals surface area (Å²) in [5.41, 5.74) is 0.665. The smallest absolute Gasteiger partial charge is 0.339 e. The van der Waals surface area contributed by atoms with Crippen LogP contribution >= 0.6 is 11.6 Å². The number of carbonyl (C=O) groups excluding carboxylic acids is 2. The van der Waals surface area contributed by atoms with Gasteiger partial charge in [0.25, 0.3) is 5.91 Å². The summed E-state index contributed by atoms with van der Waals surface area (Å²) in [4.78, 5) is 28.5. The van der Waals surface area contributed by atoms with E-state index in [1.807, 2.05) is 0 Å². The van der Waals surface area contributed by atoms with Crippen molar-refractivity contribution in [1.82, 2.24) is 4.98 Å². The molecule has 0 aliphatic heterocycles. The van der Waals surface area contributed by atoms with E-state index in [2.05, 4.69) is 10.3 Å². The van der Waals surface area contributed by atoms with Gasteiger partial charge in [-0.3, -0.25) is 4.79 Å². The van der Waals surface area contributed by atoms with Crippen molar-refractivity contribution in [2.45, 2.75) is 19.4 Å². The molecule has 2 aromatic rings. The fourth-order valence-electron chi connectivity index (χ4n) is 2.16. The van der Waals surface area contributed by atoms with Crippen LogP contribution in [0.15, 0.2) is 36.5 Å². The van der Waals surface area contributed by atoms with Crippen molar-refractivity contribution in [1.29, 1.82) is 0 Å². The van der Waals surface area contributed by atoms with Crippen molar-refractivity contribution in [3.63, 3.8) is 0 Å². The second kappa shape index (κ2) is 9.05. The third-order valence-corrected chi connectivity index (χ3v) is 3.75. The van der Waals surface area contributed by atoms with Crippen molar-refractivity contribution >= 4 is 29.2 Å². The van der Waals surface area contributed by atoms with Gasteiger partial charge >= 0.3 is 5.97 Å². The summed E-state index contributed by atoms with van der Waals surface area (Å²) in [5, 5.41) is 2.86. The number of esters is 1. The molecule has 0 aliphatic rings. The van der Waals surface area contributed by atoms with Gasteiger partial charge in [0.1, 0.15) is 16.7 Å². The van der Waals surface area contributed by atoms with Crippen LogP contribution in [0, 0.1) is 0 Å². The van der Waals surface area contributed by atoms with E-state index in [-0.39, 0.29) is 10.7 Å². The highest BCUT2D eigenvalue weighted by molar-refractivity contribution is 6.29. The quantitative estimate of drug-likeness (QED) is 0.587. The van der Waals surface area contributed by atoms with Gasteiger partial charge in [-0.2, -0.15) is 0 Å². The predicted molar refractivity (Wildman–Crippen MR) is 96.9 cm³/mol. The Morgan fingerprint density at radius 3 is 2.58 bits per heavy atom. The standard InChI is InChI=1S/C18H19ClN2O5/c1-4-14(26-18(23)11-7-8-20-16(19)9-11)17(22)21-13-6-5-12(24-2)10-15(13)25-3/h5-10,14H,4H2,1-3H3,(H,21,22). The molecular formula is C18H19ClN2O5. The van der Waals surface area contributed by atoms with Gasteiger partial charge < -0.3 is 19.5 Å². The molecule has 1 heterocycles. The average Bonchev–Trinajstić information content (AvgIpc) is 2.66. The lowest BCUT2D eigenvalue weighted by molar-refractivity contribution is -0.124. The number of pyridine rings is 1. The summed E-state index contributed by atoms with van der Waals surface area (Å²) in [6.45, 7) is 1.74. The highest BCUT2D eigenvalue weighted by Crippen LogP contribution is 2.29. The average molecular weight is 379 g/mol. The monoisotopic (exact) mass is 378 g/mol. The molecule has 138 valence electrons. The van der Waals surface area contributed by atoms with Gasteiger partial charge in [0.05, 0.1) is 25.5 Å². The first-order valence-electron chi connectivity index (χ1n) is 7.84. The van der Waals surface area contributed by atoms with Crippen LogP contribution in [0.25, 0.3) is 0 Å². The molecule has 1 N–H and O–H groups in total. The van der Waals surface area contributed by atoms with Crippen LogP contribution in [0.4, 0.5) is 5.69 Å². The van der Waals surface area contributed by atoms with E-state index in [1.54, 1.807) is 25.1 Å². The zero-order valence-corrected chi connectivity index (χ0v) is 15.4. The first-order valence-corrected chi connectivity index (χ1v) is 8.21. The van der Waals surface area contributed by atoms with E-state index in [0.29, 0.717) is 23.6 Å². The molecule has 0 bridgehead atoms. The molecule has 0 aliphatic carbocycles. The Balaban J connectivity index is 2.10. The Morgan fingerprint density at radius 2 is 1.96 bits per heavy atom. The van der Waals surface area contributed by atoms with E-state index in [9.17, 15) is 9.59 Å². The Morgan fingerprint density at radius 1 is 1.19 bits per heavy atom. The zero-order chi connectivity index (χ0) is 19.1. The van der Waals surface area contributed by atoms with Crippen molar-refractivity contribution in [3.05, 3.63) is 47.2 Å². The lowest BCUT2D eigenvalue weighted by Gasteiger charge is -2.17. The second-order valence-electron chi connectivity index (χ2n) is 5.22. The maximum absolute atomic E-state index is 12.5. The summed E-state index contributed by atoms with van der Waals surface area (Å²) in [7, 11) is 3.01. The number of rotatable bonds is 7. The van der Waals surface area contributed by atoms with Gasteiger partial charge in [-0.15, -0.1) is 0 Å². The van der Waals surface area contributed by atoms with Crippen molar-refractivity contribution in [2.75, 3.05) is 19.5 Å². The largest absolute Gasteiger partial charge is 0.497 e. The maximum Gasteiger partial charge on any atom is 0.339 e. The first-order chi connectivity index (χ1) is 12.5. The molecule has 0 saturated heterocycles.